The summed E-state index contributed by atoms with van der Waals surface area (Å²) in [7, 11) is 1.60. The summed E-state index contributed by atoms with van der Waals surface area (Å²) in [5.41, 5.74) is 3.42. The minimum atomic E-state index is -1.40. The minimum absolute atomic E-state index is 0.0687. The number of halogens is 1. The zero-order chi connectivity index (χ0) is 20.5. The van der Waals surface area contributed by atoms with Crippen LogP contribution in [0.2, 0.25) is 0 Å². The first kappa shape index (κ1) is 19.3. The van der Waals surface area contributed by atoms with Crippen molar-refractivity contribution in [3.63, 3.8) is 0 Å². The van der Waals surface area contributed by atoms with Crippen molar-refractivity contribution in [2.75, 3.05) is 11.9 Å². The molecule has 2 aliphatic rings. The van der Waals surface area contributed by atoms with Gasteiger partial charge >= 0.3 is 0 Å². The second-order valence-corrected chi connectivity index (χ2v) is 7.59. The van der Waals surface area contributed by atoms with E-state index in [2.05, 4.69) is 11.4 Å². The SMILES string of the molecule is CN1C(=O)C(O)C(C(=O)NC2CC=C(c3ccc(F)cc3)CC2)c2ccccc21. The molecule has 4 rings (SSSR count). The van der Waals surface area contributed by atoms with E-state index < -0.39 is 17.9 Å². The van der Waals surface area contributed by atoms with E-state index in [1.165, 1.54) is 17.0 Å². The molecule has 0 aromatic heterocycles. The predicted octanol–water partition coefficient (Wildman–Crippen LogP) is 3.00. The zero-order valence-electron chi connectivity index (χ0n) is 16.1. The Bertz CT molecular complexity index is 970. The van der Waals surface area contributed by atoms with Crippen LogP contribution in [0.25, 0.3) is 5.57 Å². The van der Waals surface area contributed by atoms with Gasteiger partial charge in [-0.05, 0) is 54.2 Å². The lowest BCUT2D eigenvalue weighted by Gasteiger charge is -2.35. The van der Waals surface area contributed by atoms with Gasteiger partial charge in [0.25, 0.3) is 5.91 Å². The smallest absolute Gasteiger partial charge is 0.256 e. The van der Waals surface area contributed by atoms with Crippen LogP contribution in [-0.2, 0) is 9.59 Å². The largest absolute Gasteiger partial charge is 0.382 e. The molecule has 0 saturated carbocycles. The molecule has 0 fully saturated rings. The lowest BCUT2D eigenvalue weighted by atomic mass is 9.85. The molecule has 2 aromatic rings. The summed E-state index contributed by atoms with van der Waals surface area (Å²) < 4.78 is 13.1. The molecule has 0 radical (unpaired) electrons. The van der Waals surface area contributed by atoms with E-state index in [1.54, 1.807) is 43.4 Å². The highest BCUT2D eigenvalue weighted by Crippen LogP contribution is 2.36. The Labute approximate surface area is 168 Å². The third kappa shape index (κ3) is 3.68. The Hall–Kier alpha value is -2.99. The van der Waals surface area contributed by atoms with E-state index in [-0.39, 0.29) is 17.8 Å². The number of nitrogens with one attached hydrogen (secondary N) is 1. The van der Waals surface area contributed by atoms with Crippen LogP contribution >= 0.6 is 0 Å². The van der Waals surface area contributed by atoms with E-state index in [0.717, 1.165) is 24.0 Å². The van der Waals surface area contributed by atoms with E-state index in [0.29, 0.717) is 17.7 Å². The molecule has 2 aromatic carbocycles. The first-order chi connectivity index (χ1) is 14.0. The molecule has 3 atom stereocenters. The van der Waals surface area contributed by atoms with Crippen LogP contribution in [0.3, 0.4) is 0 Å². The Morgan fingerprint density at radius 3 is 2.59 bits per heavy atom. The molecule has 1 aliphatic carbocycles. The van der Waals surface area contributed by atoms with Crippen LogP contribution in [0, 0.1) is 5.82 Å². The molecule has 150 valence electrons. The van der Waals surface area contributed by atoms with E-state index in [9.17, 15) is 19.1 Å². The van der Waals surface area contributed by atoms with Crippen LogP contribution in [0.1, 0.15) is 36.3 Å². The maximum atomic E-state index is 13.1. The highest BCUT2D eigenvalue weighted by molar-refractivity contribution is 6.05. The second-order valence-electron chi connectivity index (χ2n) is 7.59. The predicted molar refractivity (Wildman–Crippen MR) is 109 cm³/mol. The number of nitrogens with zero attached hydrogens (tertiary/aromatic N) is 1. The van der Waals surface area contributed by atoms with Crippen LogP contribution in [-0.4, -0.2) is 36.1 Å². The third-order valence-corrected chi connectivity index (χ3v) is 5.79. The monoisotopic (exact) mass is 394 g/mol. The van der Waals surface area contributed by atoms with Crippen molar-refractivity contribution in [3.8, 4) is 0 Å². The highest BCUT2D eigenvalue weighted by atomic mass is 19.1. The Morgan fingerprint density at radius 2 is 1.90 bits per heavy atom. The first-order valence-corrected chi connectivity index (χ1v) is 9.75. The Kier molecular flexibility index (Phi) is 5.20. The Morgan fingerprint density at radius 1 is 1.17 bits per heavy atom. The van der Waals surface area contributed by atoms with Gasteiger partial charge in [0, 0.05) is 18.8 Å². The fraction of sp³-hybridized carbons (Fsp3) is 0.304. The van der Waals surface area contributed by atoms with Gasteiger partial charge in [0.05, 0.1) is 5.92 Å². The van der Waals surface area contributed by atoms with E-state index >= 15 is 0 Å². The van der Waals surface area contributed by atoms with Gasteiger partial charge in [0.1, 0.15) is 11.9 Å². The number of hydrogen-bond donors (Lipinski definition) is 2. The number of fused-ring (bicyclic) bond motifs is 1. The van der Waals surface area contributed by atoms with Gasteiger partial charge in [0.15, 0.2) is 0 Å². The molecule has 29 heavy (non-hydrogen) atoms. The summed E-state index contributed by atoms with van der Waals surface area (Å²) in [4.78, 5) is 26.7. The number of carbonyl (C=O) groups excluding carboxylic acids is 2. The summed E-state index contributed by atoms with van der Waals surface area (Å²) >= 11 is 0. The topological polar surface area (TPSA) is 69.6 Å². The summed E-state index contributed by atoms with van der Waals surface area (Å²) in [6.07, 6.45) is 2.82. The summed E-state index contributed by atoms with van der Waals surface area (Å²) in [5, 5.41) is 13.5. The fourth-order valence-corrected chi connectivity index (χ4v) is 4.15. The number of hydrogen-bond acceptors (Lipinski definition) is 3. The van der Waals surface area contributed by atoms with Gasteiger partial charge in [-0.3, -0.25) is 9.59 Å². The van der Waals surface area contributed by atoms with Crippen LogP contribution in [0.4, 0.5) is 10.1 Å². The molecule has 0 saturated heterocycles. The average molecular weight is 394 g/mol. The maximum absolute atomic E-state index is 13.1. The molecule has 2 N–H and O–H groups in total. The van der Waals surface area contributed by atoms with Crippen molar-refractivity contribution in [1.82, 2.24) is 5.32 Å². The third-order valence-electron chi connectivity index (χ3n) is 5.79. The van der Waals surface area contributed by atoms with E-state index in [4.69, 9.17) is 0 Å². The summed E-state index contributed by atoms with van der Waals surface area (Å²) in [6, 6.07) is 13.5. The molecular formula is C23H23FN2O3. The highest BCUT2D eigenvalue weighted by Gasteiger charge is 2.42. The summed E-state index contributed by atoms with van der Waals surface area (Å²) in [6.45, 7) is 0. The van der Waals surface area contributed by atoms with Crippen molar-refractivity contribution in [3.05, 3.63) is 71.6 Å². The normalized spacial score (nSPS) is 24.0. The molecule has 0 spiro atoms. The summed E-state index contributed by atoms with van der Waals surface area (Å²) in [5.74, 6) is -2.00. The number of amides is 2. The lowest BCUT2D eigenvalue weighted by Crippen LogP contribution is -2.51. The number of rotatable bonds is 3. The van der Waals surface area contributed by atoms with Crippen molar-refractivity contribution in [2.24, 2.45) is 0 Å². The Balaban J connectivity index is 1.48. The zero-order valence-corrected chi connectivity index (χ0v) is 16.1. The first-order valence-electron chi connectivity index (χ1n) is 9.75. The number of likely N-dealkylation sites (N-methyl/N-ethyl adjacent to an activating group) is 1. The molecule has 0 bridgehead atoms. The van der Waals surface area contributed by atoms with Crippen LogP contribution in [0.15, 0.2) is 54.6 Å². The second kappa shape index (κ2) is 7.79. The van der Waals surface area contributed by atoms with Crippen LogP contribution in [0.5, 0.6) is 0 Å². The molecule has 2 amide bonds. The van der Waals surface area contributed by atoms with Crippen molar-refractivity contribution < 1.29 is 19.1 Å². The molecular weight excluding hydrogens is 371 g/mol. The lowest BCUT2D eigenvalue weighted by molar-refractivity contribution is -0.135. The number of aliphatic hydroxyl groups excluding tert-OH is 1. The number of allylic oxidation sites excluding steroid dienone is 1. The molecule has 6 heteroatoms. The molecule has 1 aliphatic heterocycles. The van der Waals surface area contributed by atoms with Gasteiger partial charge < -0.3 is 15.3 Å². The van der Waals surface area contributed by atoms with Gasteiger partial charge in [-0.15, -0.1) is 0 Å². The number of carbonyl (C=O) groups is 2. The molecule has 3 unspecified atom stereocenters. The van der Waals surface area contributed by atoms with Crippen LogP contribution < -0.4 is 10.2 Å². The quantitative estimate of drug-likeness (QED) is 0.841. The van der Waals surface area contributed by atoms with E-state index in [1.807, 2.05) is 0 Å². The number of para-hydroxylation sites is 1. The number of anilines is 1. The van der Waals surface area contributed by atoms with Crippen molar-refractivity contribution in [1.29, 1.82) is 0 Å². The average Bonchev–Trinajstić information content (AvgIpc) is 2.73. The standard InChI is InChI=1S/C23H23FN2O3/c1-26-19-5-3-2-4-18(19)20(21(27)23(26)29)22(28)25-17-12-8-15(9-13-17)14-6-10-16(24)11-7-14/h2-8,10-11,17,20-21,27H,9,12-13H2,1H3,(H,25,28). The molecule has 5 nitrogen and oxygen atoms in total. The minimum Gasteiger partial charge on any atom is -0.382 e. The molecule has 1 heterocycles. The van der Waals surface area contributed by atoms with Gasteiger partial charge in [0.2, 0.25) is 5.91 Å². The fourth-order valence-electron chi connectivity index (χ4n) is 4.15. The van der Waals surface area contributed by atoms with Crippen molar-refractivity contribution >= 4 is 23.1 Å². The van der Waals surface area contributed by atoms with Gasteiger partial charge in [-0.1, -0.05) is 36.4 Å². The number of aliphatic hydroxyl groups is 1. The maximum Gasteiger partial charge on any atom is 0.256 e. The van der Waals surface area contributed by atoms with Gasteiger partial charge in [-0.2, -0.15) is 0 Å². The van der Waals surface area contributed by atoms with Gasteiger partial charge in [-0.25, -0.2) is 4.39 Å². The number of benzene rings is 2. The van der Waals surface area contributed by atoms with Crippen molar-refractivity contribution in [2.45, 2.75) is 37.3 Å².